The van der Waals surface area contributed by atoms with Gasteiger partial charge in [-0.2, -0.15) is 13.2 Å². The van der Waals surface area contributed by atoms with Crippen LogP contribution in [0.2, 0.25) is 0 Å². The summed E-state index contributed by atoms with van der Waals surface area (Å²) in [6.07, 6.45) is -1.46. The Hall–Kier alpha value is -0.740. The van der Waals surface area contributed by atoms with E-state index < -0.39 is 17.7 Å². The molecule has 5 heteroatoms. The van der Waals surface area contributed by atoms with Gasteiger partial charge in [0.15, 0.2) is 0 Å². The molecule has 1 unspecified atom stereocenters. The van der Waals surface area contributed by atoms with Crippen LogP contribution in [-0.2, 0) is 9.53 Å². The summed E-state index contributed by atoms with van der Waals surface area (Å²) in [6, 6.07) is 0. The molecule has 0 aromatic rings. The Labute approximate surface area is 101 Å². The monoisotopic (exact) mass is 254 g/mol. The van der Waals surface area contributed by atoms with Crippen molar-refractivity contribution in [2.75, 3.05) is 0 Å². The number of hydrogen-bond donors (Lipinski definition) is 0. The second-order valence-electron chi connectivity index (χ2n) is 5.10. The Bertz CT molecular complexity index is 247. The summed E-state index contributed by atoms with van der Waals surface area (Å²) in [5.74, 6) is -1.86. The number of esters is 1. The van der Waals surface area contributed by atoms with Gasteiger partial charge in [0, 0.05) is 0 Å². The maximum absolute atomic E-state index is 12.0. The number of unbranched alkanes of at least 4 members (excludes halogenated alkanes) is 1. The minimum Gasteiger partial charge on any atom is -0.453 e. The summed E-state index contributed by atoms with van der Waals surface area (Å²) in [7, 11) is 0. The lowest BCUT2D eigenvalue weighted by atomic mass is 9.91. The van der Waals surface area contributed by atoms with E-state index in [1.165, 1.54) is 13.8 Å². The molecular weight excluding hydrogens is 233 g/mol. The van der Waals surface area contributed by atoms with E-state index in [1.54, 1.807) is 0 Å². The van der Waals surface area contributed by atoms with E-state index in [-0.39, 0.29) is 5.92 Å². The van der Waals surface area contributed by atoms with E-state index >= 15 is 0 Å². The van der Waals surface area contributed by atoms with Crippen molar-refractivity contribution in [3.05, 3.63) is 0 Å². The van der Waals surface area contributed by atoms with E-state index in [1.807, 2.05) is 6.92 Å². The summed E-state index contributed by atoms with van der Waals surface area (Å²) in [5, 5.41) is 0. The third-order valence-electron chi connectivity index (χ3n) is 2.49. The van der Waals surface area contributed by atoms with Crippen molar-refractivity contribution in [3.63, 3.8) is 0 Å². The zero-order valence-corrected chi connectivity index (χ0v) is 10.9. The number of hydrogen-bond acceptors (Lipinski definition) is 2. The van der Waals surface area contributed by atoms with Gasteiger partial charge in [0.2, 0.25) is 0 Å². The summed E-state index contributed by atoms with van der Waals surface area (Å²) >= 11 is 0. The fourth-order valence-corrected chi connectivity index (χ4v) is 1.84. The average molecular weight is 254 g/mol. The molecule has 0 N–H and O–H groups in total. The molecule has 0 amide bonds. The largest absolute Gasteiger partial charge is 0.490 e. The highest BCUT2D eigenvalue weighted by atomic mass is 19.4. The zero-order chi connectivity index (χ0) is 13.7. The Kier molecular flexibility index (Phi) is 5.99. The summed E-state index contributed by atoms with van der Waals surface area (Å²) in [4.78, 5) is 10.7. The molecule has 0 rings (SSSR count). The average Bonchev–Trinajstić information content (AvgIpc) is 2.11. The topological polar surface area (TPSA) is 26.3 Å². The van der Waals surface area contributed by atoms with Crippen LogP contribution < -0.4 is 0 Å². The van der Waals surface area contributed by atoms with Crippen molar-refractivity contribution in [1.29, 1.82) is 0 Å². The van der Waals surface area contributed by atoms with Gasteiger partial charge in [-0.15, -0.1) is 0 Å². The van der Waals surface area contributed by atoms with Gasteiger partial charge in [0.1, 0.15) is 5.60 Å². The fourth-order valence-electron chi connectivity index (χ4n) is 1.84. The zero-order valence-electron chi connectivity index (χ0n) is 10.9. The van der Waals surface area contributed by atoms with Gasteiger partial charge in [-0.1, -0.05) is 33.1 Å². The predicted molar refractivity (Wildman–Crippen MR) is 59.5 cm³/mol. The Morgan fingerprint density at radius 2 is 1.82 bits per heavy atom. The van der Waals surface area contributed by atoms with Crippen LogP contribution >= 0.6 is 0 Å². The SMILES string of the molecule is CCCCC(C)CC(C)(C)OC(=O)C(F)(F)F. The van der Waals surface area contributed by atoms with E-state index in [0.29, 0.717) is 6.42 Å². The smallest absolute Gasteiger partial charge is 0.453 e. The minimum absolute atomic E-state index is 0.242. The number of rotatable bonds is 6. The molecule has 0 radical (unpaired) electrons. The third-order valence-corrected chi connectivity index (χ3v) is 2.49. The molecule has 0 aliphatic rings. The Balaban J connectivity index is 4.24. The van der Waals surface area contributed by atoms with Crippen molar-refractivity contribution in [1.82, 2.24) is 0 Å². The molecule has 0 aromatic heterocycles. The molecule has 0 aromatic carbocycles. The highest BCUT2D eigenvalue weighted by Gasteiger charge is 2.44. The van der Waals surface area contributed by atoms with E-state index in [0.717, 1.165) is 19.3 Å². The molecule has 102 valence electrons. The van der Waals surface area contributed by atoms with Gasteiger partial charge in [0.05, 0.1) is 0 Å². The first-order valence-electron chi connectivity index (χ1n) is 5.88. The number of ether oxygens (including phenoxy) is 1. The Morgan fingerprint density at radius 1 is 1.29 bits per heavy atom. The second kappa shape index (κ2) is 6.26. The number of halogens is 3. The molecule has 0 saturated carbocycles. The maximum atomic E-state index is 12.0. The summed E-state index contributed by atoms with van der Waals surface area (Å²) in [6.45, 7) is 7.04. The van der Waals surface area contributed by atoms with Crippen molar-refractivity contribution in [2.45, 2.75) is 65.2 Å². The summed E-state index contributed by atoms with van der Waals surface area (Å²) in [5.41, 5.74) is -1.07. The van der Waals surface area contributed by atoms with Gasteiger partial charge in [-0.25, -0.2) is 4.79 Å². The molecule has 0 heterocycles. The van der Waals surface area contributed by atoms with Gasteiger partial charge < -0.3 is 4.74 Å². The number of carbonyl (C=O) groups excluding carboxylic acids is 1. The fraction of sp³-hybridized carbons (Fsp3) is 0.917. The highest BCUT2D eigenvalue weighted by Crippen LogP contribution is 2.27. The van der Waals surface area contributed by atoms with Crippen LogP contribution in [0.15, 0.2) is 0 Å². The van der Waals surface area contributed by atoms with E-state index in [9.17, 15) is 18.0 Å². The molecule has 1 atom stereocenters. The predicted octanol–water partition coefficient (Wildman–Crippen LogP) is 4.09. The molecule has 0 bridgehead atoms. The Morgan fingerprint density at radius 3 is 2.24 bits per heavy atom. The molecule has 17 heavy (non-hydrogen) atoms. The molecule has 0 saturated heterocycles. The molecule has 2 nitrogen and oxygen atoms in total. The number of alkyl halides is 3. The van der Waals surface area contributed by atoms with Crippen LogP contribution in [0.4, 0.5) is 13.2 Å². The molecular formula is C12H21F3O2. The molecule has 0 fully saturated rings. The molecule has 0 spiro atoms. The van der Waals surface area contributed by atoms with Crippen molar-refractivity contribution in [2.24, 2.45) is 5.92 Å². The van der Waals surface area contributed by atoms with Gasteiger partial charge in [0.25, 0.3) is 0 Å². The lowest BCUT2D eigenvalue weighted by Gasteiger charge is -2.28. The normalized spacial score (nSPS) is 14.5. The molecule has 0 aliphatic carbocycles. The van der Waals surface area contributed by atoms with Crippen molar-refractivity contribution >= 4 is 5.97 Å². The van der Waals surface area contributed by atoms with Gasteiger partial charge in [-0.3, -0.25) is 0 Å². The van der Waals surface area contributed by atoms with Crippen molar-refractivity contribution in [3.8, 4) is 0 Å². The first-order chi connectivity index (χ1) is 7.58. The van der Waals surface area contributed by atoms with Crippen LogP contribution in [-0.4, -0.2) is 17.7 Å². The molecule has 0 aliphatic heterocycles. The van der Waals surface area contributed by atoms with E-state index in [4.69, 9.17) is 0 Å². The maximum Gasteiger partial charge on any atom is 0.490 e. The van der Waals surface area contributed by atoms with Crippen LogP contribution in [0.1, 0.15) is 53.4 Å². The van der Waals surface area contributed by atoms with Crippen LogP contribution in [0.25, 0.3) is 0 Å². The second-order valence-corrected chi connectivity index (χ2v) is 5.10. The third kappa shape index (κ3) is 7.23. The standard InChI is InChI=1S/C12H21F3O2/c1-5-6-7-9(2)8-11(3,4)17-10(16)12(13,14)15/h9H,5-8H2,1-4H3. The van der Waals surface area contributed by atoms with Crippen molar-refractivity contribution < 1.29 is 22.7 Å². The van der Waals surface area contributed by atoms with Crippen LogP contribution in [0.5, 0.6) is 0 Å². The highest BCUT2D eigenvalue weighted by molar-refractivity contribution is 5.76. The van der Waals surface area contributed by atoms with Gasteiger partial charge in [-0.05, 0) is 26.2 Å². The lowest BCUT2D eigenvalue weighted by molar-refractivity contribution is -0.212. The van der Waals surface area contributed by atoms with Gasteiger partial charge >= 0.3 is 12.1 Å². The first-order valence-corrected chi connectivity index (χ1v) is 5.88. The van der Waals surface area contributed by atoms with E-state index in [2.05, 4.69) is 11.7 Å². The van der Waals surface area contributed by atoms with Crippen LogP contribution in [0.3, 0.4) is 0 Å². The number of carbonyl (C=O) groups is 1. The lowest BCUT2D eigenvalue weighted by Crippen LogP contribution is -2.36. The minimum atomic E-state index is -4.91. The van der Waals surface area contributed by atoms with Crippen LogP contribution in [0, 0.1) is 5.92 Å². The summed E-state index contributed by atoms with van der Waals surface area (Å²) < 4.78 is 40.6. The quantitative estimate of drug-likeness (QED) is 0.667. The first kappa shape index (κ1) is 16.3.